The highest BCUT2D eigenvalue weighted by molar-refractivity contribution is 6.31. The molecule has 0 saturated carbocycles. The minimum atomic E-state index is -1.02. The van der Waals surface area contributed by atoms with Crippen LogP contribution >= 0.6 is 11.6 Å². The lowest BCUT2D eigenvalue weighted by atomic mass is 9.90. The number of phenols is 1. The van der Waals surface area contributed by atoms with Crippen molar-refractivity contribution in [1.29, 1.82) is 0 Å². The maximum Gasteiger partial charge on any atom is 0.219 e. The Bertz CT molecular complexity index is 1230. The number of hydrogen-bond donors (Lipinski definition) is 2. The Morgan fingerprint density at radius 2 is 1.92 bits per heavy atom. The van der Waals surface area contributed by atoms with Gasteiger partial charge in [0.05, 0.1) is 17.9 Å². The second kappa shape index (κ2) is 10.2. The molecule has 1 aromatic heterocycles. The highest BCUT2D eigenvalue weighted by atomic mass is 35.5. The summed E-state index contributed by atoms with van der Waals surface area (Å²) < 4.78 is 14.6. The van der Waals surface area contributed by atoms with E-state index in [0.29, 0.717) is 30.2 Å². The van der Waals surface area contributed by atoms with E-state index in [4.69, 9.17) is 26.8 Å². The van der Waals surface area contributed by atoms with Gasteiger partial charge < -0.3 is 34.7 Å². The molecule has 196 valence electrons. The third-order valence-corrected chi connectivity index (χ3v) is 7.51. The molecule has 3 aromatic rings. The molecular weight excluding hydrogens is 494 g/mol. The van der Waals surface area contributed by atoms with Crippen molar-refractivity contribution in [3.8, 4) is 11.5 Å². The summed E-state index contributed by atoms with van der Waals surface area (Å²) in [6.07, 6.45) is 6.51. The highest BCUT2D eigenvalue weighted by Crippen LogP contribution is 2.47. The SMILES string of the molecule is CC(=O)N1CCN(c2ccc(OC[C@]3(N)CC[C@@](Cn4ccnc4)(c4ccc(O)cc4Cl)O3)cc2)CC1. The quantitative estimate of drug-likeness (QED) is 0.487. The van der Waals surface area contributed by atoms with E-state index in [9.17, 15) is 9.90 Å². The van der Waals surface area contributed by atoms with E-state index in [0.717, 1.165) is 37.4 Å². The van der Waals surface area contributed by atoms with Crippen LogP contribution in [0.4, 0.5) is 5.69 Å². The van der Waals surface area contributed by atoms with Gasteiger partial charge in [-0.25, -0.2) is 4.98 Å². The topological polar surface area (TPSA) is 106 Å². The second-order valence-corrected chi connectivity index (χ2v) is 10.2. The number of piperazine rings is 1. The number of carbonyl (C=O) groups excluding carboxylic acids is 1. The van der Waals surface area contributed by atoms with Gasteiger partial charge in [-0.05, 0) is 49.2 Å². The average Bonchev–Trinajstić information content (AvgIpc) is 3.51. The molecular formula is C27H32ClN5O4. The number of nitrogens with zero attached hydrogens (tertiary/aromatic N) is 4. The summed E-state index contributed by atoms with van der Waals surface area (Å²) in [6, 6.07) is 12.8. The molecule has 2 aliphatic heterocycles. The van der Waals surface area contributed by atoms with Gasteiger partial charge in [-0.2, -0.15) is 0 Å². The molecule has 0 aliphatic carbocycles. The van der Waals surface area contributed by atoms with Gasteiger partial charge in [-0.15, -0.1) is 0 Å². The maximum atomic E-state index is 11.6. The van der Waals surface area contributed by atoms with Gasteiger partial charge in [-0.1, -0.05) is 17.7 Å². The standard InChI is InChI=1S/C27H32ClN5O4/c1-20(34)32-12-14-33(15-13-32)21-2-5-23(6-3-21)36-18-27(29)9-8-26(37-27,17-31-11-10-30-19-31)24-7-4-22(35)16-25(24)28/h2-7,10-11,16,19,35H,8-9,12-15,17-18,29H2,1H3/t26-,27+/m1/s1. The van der Waals surface area contributed by atoms with E-state index >= 15 is 0 Å². The summed E-state index contributed by atoms with van der Waals surface area (Å²) in [5, 5.41) is 10.3. The summed E-state index contributed by atoms with van der Waals surface area (Å²) in [7, 11) is 0. The lowest BCUT2D eigenvalue weighted by Crippen LogP contribution is -2.48. The number of benzene rings is 2. The molecule has 37 heavy (non-hydrogen) atoms. The van der Waals surface area contributed by atoms with Crippen LogP contribution in [0, 0.1) is 0 Å². The van der Waals surface area contributed by atoms with Crippen LogP contribution in [0.2, 0.25) is 5.02 Å². The van der Waals surface area contributed by atoms with Crippen LogP contribution in [0.25, 0.3) is 0 Å². The number of phenolic OH excluding ortho intramolecular Hbond substituents is 1. The molecule has 9 nitrogen and oxygen atoms in total. The fourth-order valence-corrected chi connectivity index (χ4v) is 5.53. The largest absolute Gasteiger partial charge is 0.508 e. The lowest BCUT2D eigenvalue weighted by Gasteiger charge is -2.35. The van der Waals surface area contributed by atoms with Gasteiger partial charge in [0.25, 0.3) is 0 Å². The van der Waals surface area contributed by atoms with Crippen molar-refractivity contribution < 1.29 is 19.4 Å². The number of imidazole rings is 1. The zero-order valence-electron chi connectivity index (χ0n) is 20.8. The molecule has 0 spiro atoms. The van der Waals surface area contributed by atoms with Crippen molar-refractivity contribution in [2.45, 2.75) is 37.6 Å². The van der Waals surface area contributed by atoms with Crippen LogP contribution in [-0.4, -0.2) is 64.0 Å². The number of aromatic nitrogens is 2. The zero-order valence-corrected chi connectivity index (χ0v) is 21.6. The zero-order chi connectivity index (χ0) is 26.0. The number of amides is 1. The second-order valence-electron chi connectivity index (χ2n) is 9.84. The molecule has 2 fully saturated rings. The Labute approximate surface area is 221 Å². The van der Waals surface area contributed by atoms with Crippen LogP contribution in [0.5, 0.6) is 11.5 Å². The van der Waals surface area contributed by atoms with Gasteiger partial charge in [0, 0.05) is 56.7 Å². The summed E-state index contributed by atoms with van der Waals surface area (Å²) in [6.45, 7) is 5.32. The Morgan fingerprint density at radius 3 is 2.57 bits per heavy atom. The molecule has 1 amide bonds. The molecule has 5 rings (SSSR count). The number of carbonyl (C=O) groups is 1. The van der Waals surface area contributed by atoms with E-state index in [1.54, 1.807) is 31.6 Å². The summed E-state index contributed by atoms with van der Waals surface area (Å²) in [5.41, 5.74) is 6.75. The number of halogens is 1. The monoisotopic (exact) mass is 525 g/mol. The fourth-order valence-electron chi connectivity index (χ4n) is 5.18. The minimum Gasteiger partial charge on any atom is -0.508 e. The van der Waals surface area contributed by atoms with Crippen molar-refractivity contribution >= 4 is 23.2 Å². The van der Waals surface area contributed by atoms with E-state index in [1.165, 1.54) is 6.07 Å². The van der Waals surface area contributed by atoms with E-state index in [2.05, 4.69) is 9.88 Å². The van der Waals surface area contributed by atoms with Crippen LogP contribution in [0.3, 0.4) is 0 Å². The summed E-state index contributed by atoms with van der Waals surface area (Å²) in [4.78, 5) is 19.9. The molecule has 2 aromatic carbocycles. The third kappa shape index (κ3) is 5.53. The van der Waals surface area contributed by atoms with Gasteiger partial charge in [0.15, 0.2) is 5.72 Å². The van der Waals surface area contributed by atoms with Crippen LogP contribution in [0.1, 0.15) is 25.3 Å². The van der Waals surface area contributed by atoms with Gasteiger partial charge in [0.2, 0.25) is 5.91 Å². The molecule has 3 N–H and O–H groups in total. The number of hydrogen-bond acceptors (Lipinski definition) is 7. The Kier molecular flexibility index (Phi) is 7.02. The predicted octanol–water partition coefficient (Wildman–Crippen LogP) is 3.35. The number of anilines is 1. The van der Waals surface area contributed by atoms with Crippen molar-refractivity contribution in [2.75, 3.05) is 37.7 Å². The first-order valence-corrected chi connectivity index (χ1v) is 12.8. The first-order chi connectivity index (χ1) is 17.8. The summed E-state index contributed by atoms with van der Waals surface area (Å²) in [5.74, 6) is 0.917. The molecule has 0 bridgehead atoms. The molecule has 2 aliphatic rings. The molecule has 0 unspecified atom stereocenters. The van der Waals surface area contributed by atoms with E-state index in [-0.39, 0.29) is 18.3 Å². The first-order valence-electron chi connectivity index (χ1n) is 12.4. The van der Waals surface area contributed by atoms with Crippen LogP contribution < -0.4 is 15.4 Å². The van der Waals surface area contributed by atoms with Crippen molar-refractivity contribution in [3.63, 3.8) is 0 Å². The Hall–Kier alpha value is -3.27. The van der Waals surface area contributed by atoms with Crippen molar-refractivity contribution in [1.82, 2.24) is 14.5 Å². The Balaban J connectivity index is 1.26. The van der Waals surface area contributed by atoms with Gasteiger partial charge in [-0.3, -0.25) is 4.79 Å². The lowest BCUT2D eigenvalue weighted by molar-refractivity contribution is -0.129. The normalized spacial score (nSPS) is 23.9. The number of rotatable bonds is 7. The Morgan fingerprint density at radius 1 is 1.16 bits per heavy atom. The van der Waals surface area contributed by atoms with E-state index < -0.39 is 11.3 Å². The third-order valence-electron chi connectivity index (χ3n) is 7.20. The number of nitrogens with two attached hydrogens (primary N) is 1. The summed E-state index contributed by atoms with van der Waals surface area (Å²) >= 11 is 6.55. The first kappa shape index (κ1) is 25.4. The average molecular weight is 526 g/mol. The molecule has 2 atom stereocenters. The minimum absolute atomic E-state index is 0.0936. The predicted molar refractivity (Wildman–Crippen MR) is 141 cm³/mol. The maximum absolute atomic E-state index is 11.6. The molecule has 0 radical (unpaired) electrons. The molecule has 10 heteroatoms. The van der Waals surface area contributed by atoms with Gasteiger partial charge >= 0.3 is 0 Å². The number of ether oxygens (including phenoxy) is 2. The van der Waals surface area contributed by atoms with Crippen molar-refractivity contribution in [3.05, 3.63) is 71.8 Å². The van der Waals surface area contributed by atoms with Gasteiger partial charge in [0.1, 0.15) is 23.7 Å². The smallest absolute Gasteiger partial charge is 0.219 e. The molecule has 3 heterocycles. The highest BCUT2D eigenvalue weighted by Gasteiger charge is 2.50. The van der Waals surface area contributed by atoms with E-state index in [1.807, 2.05) is 39.9 Å². The molecule has 2 saturated heterocycles. The fraction of sp³-hybridized carbons (Fsp3) is 0.407. The van der Waals surface area contributed by atoms with Crippen LogP contribution in [-0.2, 0) is 21.7 Å². The van der Waals surface area contributed by atoms with Crippen LogP contribution in [0.15, 0.2) is 61.2 Å². The number of aromatic hydroxyl groups is 1. The van der Waals surface area contributed by atoms with Crippen molar-refractivity contribution in [2.24, 2.45) is 5.73 Å².